The van der Waals surface area contributed by atoms with E-state index in [4.69, 9.17) is 26.7 Å². The average Bonchev–Trinajstić information content (AvgIpc) is 3.59. The molecular formula is C32H29N5O4S2. The summed E-state index contributed by atoms with van der Waals surface area (Å²) in [5.74, 6) is 1.69. The summed E-state index contributed by atoms with van der Waals surface area (Å²) < 4.78 is 12.9. The molecule has 0 radical (unpaired) electrons. The lowest BCUT2D eigenvalue weighted by Gasteiger charge is -2.36. The number of fused-ring (bicyclic) bond motifs is 2. The van der Waals surface area contributed by atoms with Crippen molar-refractivity contribution in [1.29, 1.82) is 0 Å². The fourth-order valence-electron chi connectivity index (χ4n) is 5.62. The molecule has 0 saturated carbocycles. The molecule has 2 saturated heterocycles. The lowest BCUT2D eigenvalue weighted by Crippen LogP contribution is -2.47. The molecular weight excluding hydrogens is 583 g/mol. The van der Waals surface area contributed by atoms with E-state index >= 15 is 0 Å². The van der Waals surface area contributed by atoms with E-state index in [0.29, 0.717) is 57.4 Å². The van der Waals surface area contributed by atoms with Gasteiger partial charge < -0.3 is 14.4 Å². The molecule has 1 amide bonds. The van der Waals surface area contributed by atoms with Crippen LogP contribution < -0.4 is 19.9 Å². The van der Waals surface area contributed by atoms with Crippen molar-refractivity contribution in [3.05, 3.63) is 104 Å². The minimum absolute atomic E-state index is 0.182. The van der Waals surface area contributed by atoms with Gasteiger partial charge in [0.2, 0.25) is 6.79 Å². The number of anilines is 1. The van der Waals surface area contributed by atoms with E-state index in [9.17, 15) is 9.59 Å². The summed E-state index contributed by atoms with van der Waals surface area (Å²) in [5, 5.41) is 0. The van der Waals surface area contributed by atoms with Crippen LogP contribution in [0.2, 0.25) is 0 Å². The third-order valence-corrected chi connectivity index (χ3v) is 9.29. The number of aromatic nitrogens is 2. The van der Waals surface area contributed by atoms with Gasteiger partial charge in [0, 0.05) is 38.9 Å². The molecule has 0 spiro atoms. The number of thioether (sulfide) groups is 1. The molecule has 7 rings (SSSR count). The Kier molecular flexibility index (Phi) is 7.38. The molecule has 5 heterocycles. The Labute approximate surface area is 258 Å². The van der Waals surface area contributed by atoms with Crippen molar-refractivity contribution in [3.8, 4) is 11.5 Å². The SMILES string of the molecule is Cc1cccn2c(=O)c(/C=C3\SC(=S)N(Cc4ccc5c(c4)OCO5)C3=O)c(N3CCN(Cc4ccccc4)CC3)nc12. The fourth-order valence-corrected chi connectivity index (χ4v) is 6.85. The minimum Gasteiger partial charge on any atom is -0.454 e. The van der Waals surface area contributed by atoms with E-state index in [-0.39, 0.29) is 18.3 Å². The zero-order valence-electron chi connectivity index (χ0n) is 23.6. The monoisotopic (exact) mass is 611 g/mol. The molecule has 2 aromatic heterocycles. The van der Waals surface area contributed by atoms with E-state index in [0.717, 1.165) is 30.8 Å². The molecule has 2 fully saturated rings. The first-order valence-corrected chi connectivity index (χ1v) is 15.3. The standard InChI is InChI=1S/C32H29N5O4S2/c1-21-6-5-11-36-28(21)33-29(35-14-12-34(13-15-35)18-22-7-3-2-4-8-22)24(30(36)38)17-27-31(39)37(32(42)43-27)19-23-9-10-25-26(16-23)41-20-40-25/h2-11,16-17H,12-15,18-20H2,1H3/b27-17-. The number of carbonyl (C=O) groups is 1. The van der Waals surface area contributed by atoms with Crippen molar-refractivity contribution in [3.63, 3.8) is 0 Å². The predicted octanol–water partition coefficient (Wildman–Crippen LogP) is 4.46. The molecule has 9 nitrogen and oxygen atoms in total. The summed E-state index contributed by atoms with van der Waals surface area (Å²) in [5.41, 5.74) is 3.85. The summed E-state index contributed by atoms with van der Waals surface area (Å²) >= 11 is 6.82. The third-order valence-electron chi connectivity index (χ3n) is 7.91. The van der Waals surface area contributed by atoms with Crippen LogP contribution in [0.4, 0.5) is 5.82 Å². The van der Waals surface area contributed by atoms with E-state index in [2.05, 4.69) is 34.1 Å². The second-order valence-corrected chi connectivity index (χ2v) is 12.4. The molecule has 0 atom stereocenters. The van der Waals surface area contributed by atoms with Crippen LogP contribution >= 0.6 is 24.0 Å². The van der Waals surface area contributed by atoms with Crippen molar-refractivity contribution in [1.82, 2.24) is 19.2 Å². The summed E-state index contributed by atoms with van der Waals surface area (Å²) in [6.07, 6.45) is 3.40. The van der Waals surface area contributed by atoms with Gasteiger partial charge >= 0.3 is 0 Å². The van der Waals surface area contributed by atoms with Gasteiger partial charge in [0.25, 0.3) is 11.5 Å². The van der Waals surface area contributed by atoms with Gasteiger partial charge in [-0.25, -0.2) is 4.98 Å². The largest absolute Gasteiger partial charge is 0.454 e. The summed E-state index contributed by atoms with van der Waals surface area (Å²) in [6, 6.07) is 19.8. The number of hydrogen-bond donors (Lipinski definition) is 0. The highest BCUT2D eigenvalue weighted by Gasteiger charge is 2.34. The number of amides is 1. The number of ether oxygens (including phenoxy) is 2. The number of thiocarbonyl (C=S) groups is 1. The van der Waals surface area contributed by atoms with Crippen molar-refractivity contribution < 1.29 is 14.3 Å². The first kappa shape index (κ1) is 27.6. The molecule has 0 N–H and O–H groups in total. The van der Waals surface area contributed by atoms with Crippen LogP contribution in [0.5, 0.6) is 11.5 Å². The van der Waals surface area contributed by atoms with Crippen LogP contribution in [0.3, 0.4) is 0 Å². The lowest BCUT2D eigenvalue weighted by atomic mass is 10.1. The Morgan fingerprint density at radius 3 is 2.53 bits per heavy atom. The molecule has 0 bridgehead atoms. The van der Waals surface area contributed by atoms with Gasteiger partial charge in [0.15, 0.2) is 11.5 Å². The van der Waals surface area contributed by atoms with Gasteiger partial charge in [-0.3, -0.25) is 23.8 Å². The second kappa shape index (κ2) is 11.5. The highest BCUT2D eigenvalue weighted by molar-refractivity contribution is 8.26. The van der Waals surface area contributed by atoms with Gasteiger partial charge in [-0.15, -0.1) is 0 Å². The fraction of sp³-hybridized carbons (Fsp3) is 0.250. The van der Waals surface area contributed by atoms with Crippen LogP contribution in [-0.4, -0.2) is 62.4 Å². The molecule has 3 aliphatic heterocycles. The number of piperazine rings is 1. The number of pyridine rings is 1. The van der Waals surface area contributed by atoms with E-state index in [1.54, 1.807) is 21.6 Å². The first-order chi connectivity index (χ1) is 20.9. The van der Waals surface area contributed by atoms with Crippen LogP contribution in [0.25, 0.3) is 11.7 Å². The van der Waals surface area contributed by atoms with Crippen LogP contribution in [0.1, 0.15) is 22.3 Å². The first-order valence-electron chi connectivity index (χ1n) is 14.1. The second-order valence-electron chi connectivity index (χ2n) is 10.7. The maximum atomic E-state index is 14.0. The Morgan fingerprint density at radius 1 is 0.930 bits per heavy atom. The third kappa shape index (κ3) is 5.39. The Hall–Kier alpha value is -4.19. The van der Waals surface area contributed by atoms with Gasteiger partial charge in [0.1, 0.15) is 15.8 Å². The molecule has 43 heavy (non-hydrogen) atoms. The van der Waals surface area contributed by atoms with Crippen LogP contribution in [0, 0.1) is 6.92 Å². The minimum atomic E-state index is -0.236. The molecule has 0 aliphatic carbocycles. The smallest absolute Gasteiger partial charge is 0.267 e. The van der Waals surface area contributed by atoms with Gasteiger partial charge in [-0.1, -0.05) is 66.4 Å². The quantitative estimate of drug-likeness (QED) is 0.232. The predicted molar refractivity (Wildman–Crippen MR) is 171 cm³/mol. The molecule has 4 aromatic rings. The molecule has 0 unspecified atom stereocenters. The summed E-state index contributed by atoms with van der Waals surface area (Å²) in [6.45, 7) is 6.40. The van der Waals surface area contributed by atoms with Crippen molar-refractivity contribution in [2.45, 2.75) is 20.0 Å². The number of nitrogens with zero attached hydrogens (tertiary/aromatic N) is 5. The zero-order chi connectivity index (χ0) is 29.5. The van der Waals surface area contributed by atoms with Crippen LogP contribution in [0.15, 0.2) is 76.6 Å². The van der Waals surface area contributed by atoms with E-state index < -0.39 is 0 Å². The molecule has 218 valence electrons. The van der Waals surface area contributed by atoms with Gasteiger partial charge in [-0.2, -0.15) is 0 Å². The average molecular weight is 612 g/mol. The lowest BCUT2D eigenvalue weighted by molar-refractivity contribution is -0.122. The molecule has 3 aliphatic rings. The topological polar surface area (TPSA) is 79.6 Å². The maximum Gasteiger partial charge on any atom is 0.267 e. The normalized spacial score (nSPS) is 17.9. The highest BCUT2D eigenvalue weighted by Crippen LogP contribution is 2.37. The van der Waals surface area contributed by atoms with Crippen molar-refractivity contribution in [2.24, 2.45) is 0 Å². The van der Waals surface area contributed by atoms with Crippen molar-refractivity contribution >= 4 is 51.7 Å². The Bertz CT molecular complexity index is 1830. The summed E-state index contributed by atoms with van der Waals surface area (Å²) in [7, 11) is 0. The Balaban J connectivity index is 1.19. The molecule has 11 heteroatoms. The zero-order valence-corrected chi connectivity index (χ0v) is 25.2. The van der Waals surface area contributed by atoms with Crippen molar-refractivity contribution in [2.75, 3.05) is 37.9 Å². The maximum absolute atomic E-state index is 14.0. The van der Waals surface area contributed by atoms with Crippen LogP contribution in [-0.2, 0) is 17.9 Å². The number of aryl methyl sites for hydroxylation is 1. The Morgan fingerprint density at radius 2 is 1.72 bits per heavy atom. The number of carbonyl (C=O) groups excluding carboxylic acids is 1. The number of rotatable bonds is 6. The summed E-state index contributed by atoms with van der Waals surface area (Å²) in [4.78, 5) is 39.1. The van der Waals surface area contributed by atoms with E-state index in [1.807, 2.05) is 43.3 Å². The highest BCUT2D eigenvalue weighted by atomic mass is 32.2. The van der Waals surface area contributed by atoms with Gasteiger partial charge in [0.05, 0.1) is 17.0 Å². The number of benzene rings is 2. The number of hydrogen-bond acceptors (Lipinski definition) is 9. The molecule has 2 aromatic carbocycles. The van der Waals surface area contributed by atoms with Gasteiger partial charge in [-0.05, 0) is 47.9 Å². The van der Waals surface area contributed by atoms with E-state index in [1.165, 1.54) is 17.3 Å².